The van der Waals surface area contributed by atoms with Crippen molar-refractivity contribution in [2.45, 2.75) is 26.4 Å². The maximum absolute atomic E-state index is 12.3. The molecule has 3 aromatic carbocycles. The molecule has 31 heavy (non-hydrogen) atoms. The van der Waals surface area contributed by atoms with Crippen LogP contribution < -0.4 is 14.9 Å². The van der Waals surface area contributed by atoms with Gasteiger partial charge in [-0.05, 0) is 78.2 Å². The van der Waals surface area contributed by atoms with Crippen molar-refractivity contribution in [2.75, 3.05) is 6.61 Å². The number of hydrogen-bond acceptors (Lipinski definition) is 4. The molecule has 0 aliphatic rings. The van der Waals surface area contributed by atoms with E-state index in [-0.39, 0.29) is 5.91 Å². The van der Waals surface area contributed by atoms with E-state index in [1.165, 1.54) is 0 Å². The van der Waals surface area contributed by atoms with Crippen LogP contribution in [0.5, 0.6) is 11.5 Å². The van der Waals surface area contributed by atoms with Crippen LogP contribution in [0.2, 0.25) is 5.02 Å². The third kappa shape index (κ3) is 7.46. The summed E-state index contributed by atoms with van der Waals surface area (Å²) in [6, 6.07) is 21.9. The lowest BCUT2D eigenvalue weighted by Gasteiger charge is -2.07. The molecule has 0 atom stereocenters. The summed E-state index contributed by atoms with van der Waals surface area (Å²) in [5.74, 6) is 1.21. The Labute approximate surface area is 187 Å². The predicted octanol–water partition coefficient (Wildman–Crippen LogP) is 5.86. The van der Waals surface area contributed by atoms with E-state index in [1.54, 1.807) is 30.5 Å². The van der Waals surface area contributed by atoms with Gasteiger partial charge in [0.2, 0.25) is 0 Å². The van der Waals surface area contributed by atoms with E-state index in [1.807, 2.05) is 48.5 Å². The monoisotopic (exact) mass is 436 g/mol. The predicted molar refractivity (Wildman–Crippen MR) is 124 cm³/mol. The first-order chi connectivity index (χ1) is 15.1. The van der Waals surface area contributed by atoms with Crippen molar-refractivity contribution >= 4 is 23.7 Å². The van der Waals surface area contributed by atoms with E-state index < -0.39 is 0 Å². The number of rotatable bonds is 10. The highest BCUT2D eigenvalue weighted by atomic mass is 35.5. The lowest BCUT2D eigenvalue weighted by atomic mass is 10.2. The Balaban J connectivity index is 1.46. The van der Waals surface area contributed by atoms with Crippen molar-refractivity contribution in [2.24, 2.45) is 5.10 Å². The molecule has 0 spiro atoms. The molecule has 5 nitrogen and oxygen atoms in total. The Kier molecular flexibility index (Phi) is 8.49. The SMILES string of the molecule is CCCCOc1ccc(/C=N\NC(=O)c2ccc(OCc3ccc(Cl)cc3)cc2)cc1. The van der Waals surface area contributed by atoms with Crippen LogP contribution in [0.25, 0.3) is 0 Å². The molecule has 160 valence electrons. The largest absolute Gasteiger partial charge is 0.494 e. The van der Waals surface area contributed by atoms with Crippen LogP contribution in [-0.4, -0.2) is 18.7 Å². The first-order valence-electron chi connectivity index (χ1n) is 10.2. The van der Waals surface area contributed by atoms with Crippen molar-refractivity contribution in [1.29, 1.82) is 0 Å². The highest BCUT2D eigenvalue weighted by Crippen LogP contribution is 2.16. The maximum Gasteiger partial charge on any atom is 0.271 e. The number of nitrogens with one attached hydrogen (secondary N) is 1. The van der Waals surface area contributed by atoms with Gasteiger partial charge in [0.25, 0.3) is 5.91 Å². The second kappa shape index (κ2) is 11.8. The maximum atomic E-state index is 12.3. The molecule has 0 unspecified atom stereocenters. The topological polar surface area (TPSA) is 59.9 Å². The summed E-state index contributed by atoms with van der Waals surface area (Å²) in [5, 5.41) is 4.71. The Hall–Kier alpha value is -3.31. The minimum atomic E-state index is -0.292. The van der Waals surface area contributed by atoms with Crippen LogP contribution >= 0.6 is 11.6 Å². The summed E-state index contributed by atoms with van der Waals surface area (Å²) in [4.78, 5) is 12.3. The van der Waals surface area contributed by atoms with Gasteiger partial charge in [0.05, 0.1) is 12.8 Å². The highest BCUT2D eigenvalue weighted by Gasteiger charge is 2.05. The molecule has 0 radical (unpaired) electrons. The molecule has 3 aromatic rings. The first kappa shape index (κ1) is 22.4. The summed E-state index contributed by atoms with van der Waals surface area (Å²) in [7, 11) is 0. The van der Waals surface area contributed by atoms with E-state index in [9.17, 15) is 4.79 Å². The molecular weight excluding hydrogens is 412 g/mol. The number of halogens is 1. The zero-order valence-electron chi connectivity index (χ0n) is 17.4. The number of carbonyl (C=O) groups is 1. The molecule has 6 heteroatoms. The fourth-order valence-electron chi connectivity index (χ4n) is 2.66. The molecule has 1 amide bonds. The number of unbranched alkanes of at least 4 members (excludes halogenated alkanes) is 1. The van der Waals surface area contributed by atoms with Crippen molar-refractivity contribution in [3.63, 3.8) is 0 Å². The van der Waals surface area contributed by atoms with Crippen LogP contribution in [0.1, 0.15) is 41.3 Å². The number of ether oxygens (including phenoxy) is 2. The van der Waals surface area contributed by atoms with Gasteiger partial charge in [-0.15, -0.1) is 0 Å². The number of amides is 1. The van der Waals surface area contributed by atoms with E-state index >= 15 is 0 Å². The Morgan fingerprint density at radius 2 is 1.58 bits per heavy atom. The fraction of sp³-hybridized carbons (Fsp3) is 0.200. The van der Waals surface area contributed by atoms with Crippen LogP contribution in [0, 0.1) is 0 Å². The van der Waals surface area contributed by atoms with Gasteiger partial charge in [0, 0.05) is 10.6 Å². The number of hydrogen-bond donors (Lipinski definition) is 1. The summed E-state index contributed by atoms with van der Waals surface area (Å²) in [6.07, 6.45) is 3.73. The smallest absolute Gasteiger partial charge is 0.271 e. The number of nitrogens with zero attached hydrogens (tertiary/aromatic N) is 1. The van der Waals surface area contributed by atoms with E-state index in [2.05, 4.69) is 17.5 Å². The minimum Gasteiger partial charge on any atom is -0.494 e. The third-order valence-electron chi connectivity index (χ3n) is 4.46. The van der Waals surface area contributed by atoms with Crippen molar-refractivity contribution in [3.8, 4) is 11.5 Å². The lowest BCUT2D eigenvalue weighted by Crippen LogP contribution is -2.17. The second-order valence-corrected chi connectivity index (χ2v) is 7.35. The Morgan fingerprint density at radius 1 is 0.935 bits per heavy atom. The second-order valence-electron chi connectivity index (χ2n) is 6.91. The number of carbonyl (C=O) groups excluding carboxylic acids is 1. The average Bonchev–Trinajstić information content (AvgIpc) is 2.80. The molecule has 0 fully saturated rings. The van der Waals surface area contributed by atoms with Crippen molar-refractivity contribution in [1.82, 2.24) is 5.43 Å². The average molecular weight is 437 g/mol. The van der Waals surface area contributed by atoms with Gasteiger partial charge in [-0.25, -0.2) is 5.43 Å². The summed E-state index contributed by atoms with van der Waals surface area (Å²) < 4.78 is 11.4. The third-order valence-corrected chi connectivity index (χ3v) is 4.71. The van der Waals surface area contributed by atoms with Gasteiger partial charge < -0.3 is 9.47 Å². The lowest BCUT2D eigenvalue weighted by molar-refractivity contribution is 0.0955. The van der Waals surface area contributed by atoms with Gasteiger partial charge >= 0.3 is 0 Å². The van der Waals surface area contributed by atoms with Crippen LogP contribution in [0.4, 0.5) is 0 Å². The first-order valence-corrected chi connectivity index (χ1v) is 10.6. The minimum absolute atomic E-state index is 0.292. The van der Waals surface area contributed by atoms with Crippen LogP contribution in [-0.2, 0) is 6.61 Å². The molecular formula is C25H25ClN2O3. The van der Waals surface area contributed by atoms with Crippen molar-refractivity contribution in [3.05, 3.63) is 94.5 Å². The molecule has 0 bridgehead atoms. The zero-order chi connectivity index (χ0) is 21.9. The molecule has 0 saturated carbocycles. The molecule has 3 rings (SSSR count). The van der Waals surface area contributed by atoms with Gasteiger partial charge in [0.1, 0.15) is 18.1 Å². The van der Waals surface area contributed by atoms with Gasteiger partial charge in [0.15, 0.2) is 0 Å². The Bertz CT molecular complexity index is 985. The summed E-state index contributed by atoms with van der Waals surface area (Å²) in [6.45, 7) is 3.27. The zero-order valence-corrected chi connectivity index (χ0v) is 18.1. The Morgan fingerprint density at radius 3 is 2.26 bits per heavy atom. The van der Waals surface area contributed by atoms with E-state index in [0.29, 0.717) is 29.5 Å². The van der Waals surface area contributed by atoms with Crippen LogP contribution in [0.15, 0.2) is 77.9 Å². The van der Waals surface area contributed by atoms with E-state index in [4.69, 9.17) is 21.1 Å². The molecule has 0 saturated heterocycles. The molecule has 0 aliphatic carbocycles. The quantitative estimate of drug-likeness (QED) is 0.246. The molecule has 0 heterocycles. The molecule has 0 aromatic heterocycles. The highest BCUT2D eigenvalue weighted by molar-refractivity contribution is 6.30. The molecule has 0 aliphatic heterocycles. The number of benzene rings is 3. The molecule has 1 N–H and O–H groups in total. The number of hydrazone groups is 1. The van der Waals surface area contributed by atoms with Gasteiger partial charge in [-0.1, -0.05) is 37.1 Å². The fourth-order valence-corrected chi connectivity index (χ4v) is 2.79. The van der Waals surface area contributed by atoms with Gasteiger partial charge in [-0.2, -0.15) is 5.10 Å². The standard InChI is InChI=1S/C25H25ClN2O3/c1-2-3-16-30-23-12-6-19(7-13-23)17-27-28-25(29)21-8-14-24(15-9-21)31-18-20-4-10-22(26)11-5-20/h4-15,17H,2-3,16,18H2,1H3,(H,28,29)/b27-17-. The van der Waals surface area contributed by atoms with Crippen LogP contribution in [0.3, 0.4) is 0 Å². The summed E-state index contributed by atoms with van der Waals surface area (Å²) >= 11 is 5.88. The normalized spacial score (nSPS) is 10.8. The summed E-state index contributed by atoms with van der Waals surface area (Å²) in [5.41, 5.74) is 4.91. The van der Waals surface area contributed by atoms with Crippen molar-refractivity contribution < 1.29 is 14.3 Å². The van der Waals surface area contributed by atoms with Gasteiger partial charge in [-0.3, -0.25) is 4.79 Å². The van der Waals surface area contributed by atoms with E-state index in [0.717, 1.165) is 29.7 Å².